The molecule has 1 heterocycles. The van der Waals surface area contributed by atoms with E-state index >= 15 is 0 Å². The normalized spacial score (nSPS) is 11.0. The van der Waals surface area contributed by atoms with Gasteiger partial charge in [0.25, 0.3) is 0 Å². The number of nitrogens with zero attached hydrogens (tertiary/aromatic N) is 3. The van der Waals surface area contributed by atoms with Crippen molar-refractivity contribution in [3.8, 4) is 5.69 Å². The predicted molar refractivity (Wildman–Crippen MR) is 154 cm³/mol. The molecule has 0 aliphatic carbocycles. The van der Waals surface area contributed by atoms with Crippen LogP contribution in [0.2, 0.25) is 20.1 Å². The van der Waals surface area contributed by atoms with Gasteiger partial charge in [0.05, 0.1) is 15.7 Å². The monoisotopic (exact) mass is 592 g/mol. The third kappa shape index (κ3) is 7.88. The lowest BCUT2D eigenvalue weighted by molar-refractivity contribution is -0.121. The molecule has 0 bridgehead atoms. The summed E-state index contributed by atoms with van der Waals surface area (Å²) >= 11 is 26.1. The van der Waals surface area contributed by atoms with E-state index in [0.717, 1.165) is 27.8 Å². The number of benzene rings is 3. The van der Waals surface area contributed by atoms with E-state index in [2.05, 4.69) is 27.6 Å². The van der Waals surface area contributed by atoms with E-state index in [0.29, 0.717) is 58.1 Å². The second kappa shape index (κ2) is 13.5. The van der Waals surface area contributed by atoms with Crippen LogP contribution in [0, 0.1) is 0 Å². The van der Waals surface area contributed by atoms with Gasteiger partial charge in [0.2, 0.25) is 5.91 Å². The molecule has 0 spiro atoms. The van der Waals surface area contributed by atoms with Crippen molar-refractivity contribution in [1.82, 2.24) is 20.1 Å². The summed E-state index contributed by atoms with van der Waals surface area (Å²) in [5, 5.41) is 14.7. The Balaban J connectivity index is 1.34. The molecule has 10 heteroatoms. The van der Waals surface area contributed by atoms with E-state index in [-0.39, 0.29) is 5.91 Å². The molecular formula is C27H24Cl4N4OS. The molecule has 0 atom stereocenters. The third-order valence-corrected chi connectivity index (χ3v) is 7.92. The van der Waals surface area contributed by atoms with Crippen molar-refractivity contribution >= 4 is 64.1 Å². The van der Waals surface area contributed by atoms with Crippen molar-refractivity contribution in [2.45, 2.75) is 30.8 Å². The van der Waals surface area contributed by atoms with Crippen molar-refractivity contribution in [3.63, 3.8) is 0 Å². The van der Waals surface area contributed by atoms with Crippen LogP contribution >= 0.6 is 58.2 Å². The number of halogens is 4. The highest BCUT2D eigenvalue weighted by molar-refractivity contribution is 7.99. The maximum atomic E-state index is 12.3. The summed E-state index contributed by atoms with van der Waals surface area (Å²) in [6, 6.07) is 21.0. The number of nitrogens with one attached hydrogen (secondary N) is 1. The van der Waals surface area contributed by atoms with Crippen LogP contribution in [0.15, 0.2) is 71.9 Å². The van der Waals surface area contributed by atoms with Gasteiger partial charge in [-0.05, 0) is 54.3 Å². The molecule has 37 heavy (non-hydrogen) atoms. The van der Waals surface area contributed by atoms with Gasteiger partial charge in [-0.15, -0.1) is 10.2 Å². The van der Waals surface area contributed by atoms with Crippen LogP contribution in [-0.2, 0) is 17.6 Å². The summed E-state index contributed by atoms with van der Waals surface area (Å²) in [4.78, 5) is 12.3. The minimum Gasteiger partial charge on any atom is -0.356 e. The topological polar surface area (TPSA) is 59.8 Å². The number of hydrogen-bond acceptors (Lipinski definition) is 4. The number of carbonyl (C=O) groups is 1. The van der Waals surface area contributed by atoms with Crippen molar-refractivity contribution in [2.75, 3.05) is 12.3 Å². The Morgan fingerprint density at radius 3 is 2.46 bits per heavy atom. The average molecular weight is 594 g/mol. The lowest BCUT2D eigenvalue weighted by Crippen LogP contribution is -2.25. The zero-order valence-corrected chi connectivity index (χ0v) is 23.6. The first-order valence-electron chi connectivity index (χ1n) is 11.7. The maximum absolute atomic E-state index is 12.3. The lowest BCUT2D eigenvalue weighted by atomic mass is 10.1. The van der Waals surface area contributed by atoms with Crippen LogP contribution in [0.1, 0.15) is 29.8 Å². The molecule has 1 amide bonds. The fourth-order valence-electron chi connectivity index (χ4n) is 3.72. The first-order chi connectivity index (χ1) is 17.9. The first kappa shape index (κ1) is 27.8. The Morgan fingerprint density at radius 1 is 0.892 bits per heavy atom. The van der Waals surface area contributed by atoms with Crippen molar-refractivity contribution in [1.29, 1.82) is 0 Å². The Labute approximate surface area is 240 Å². The fourth-order valence-corrected chi connectivity index (χ4v) is 5.42. The van der Waals surface area contributed by atoms with Gasteiger partial charge in [0, 0.05) is 35.2 Å². The van der Waals surface area contributed by atoms with Gasteiger partial charge in [-0.1, -0.05) is 94.6 Å². The zero-order chi connectivity index (χ0) is 26.2. The van der Waals surface area contributed by atoms with E-state index in [1.54, 1.807) is 30.0 Å². The Morgan fingerprint density at radius 2 is 1.70 bits per heavy atom. The van der Waals surface area contributed by atoms with E-state index in [4.69, 9.17) is 46.4 Å². The van der Waals surface area contributed by atoms with E-state index in [1.165, 1.54) is 0 Å². The molecule has 5 nitrogen and oxygen atoms in total. The van der Waals surface area contributed by atoms with Gasteiger partial charge in [-0.3, -0.25) is 9.36 Å². The van der Waals surface area contributed by atoms with Crippen molar-refractivity contribution in [2.24, 2.45) is 0 Å². The fraction of sp³-hybridized carbons (Fsp3) is 0.222. The van der Waals surface area contributed by atoms with Gasteiger partial charge in [0.15, 0.2) is 5.16 Å². The second-order valence-corrected chi connectivity index (χ2v) is 11.0. The molecule has 1 aromatic heterocycles. The minimum absolute atomic E-state index is 0.00130. The SMILES string of the molecule is O=C(CCCSc1nnc(Cc2ccccc2)n1-c1ccc(Cl)c(Cl)c1)NCCc1ccc(Cl)cc1Cl. The van der Waals surface area contributed by atoms with Gasteiger partial charge < -0.3 is 5.32 Å². The quantitative estimate of drug-likeness (QED) is 0.143. The molecule has 3 aromatic carbocycles. The predicted octanol–water partition coefficient (Wildman–Crippen LogP) is 7.70. The molecule has 0 saturated carbocycles. The van der Waals surface area contributed by atoms with Crippen LogP contribution in [0.4, 0.5) is 0 Å². The number of aromatic nitrogens is 3. The molecule has 4 aromatic rings. The number of carbonyl (C=O) groups excluding carboxylic acids is 1. The summed E-state index contributed by atoms with van der Waals surface area (Å²) in [6.45, 7) is 0.516. The third-order valence-electron chi connectivity index (χ3n) is 5.58. The number of thioether (sulfide) groups is 1. The summed E-state index contributed by atoms with van der Waals surface area (Å²) < 4.78 is 2.00. The highest BCUT2D eigenvalue weighted by Gasteiger charge is 2.16. The van der Waals surface area contributed by atoms with Crippen LogP contribution in [0.5, 0.6) is 0 Å². The highest BCUT2D eigenvalue weighted by Crippen LogP contribution is 2.29. The number of rotatable bonds is 11. The van der Waals surface area contributed by atoms with E-state index in [9.17, 15) is 4.79 Å². The summed E-state index contributed by atoms with van der Waals surface area (Å²) in [5.74, 6) is 1.51. The largest absolute Gasteiger partial charge is 0.356 e. The Kier molecular flexibility index (Phi) is 10.2. The molecule has 0 fully saturated rings. The maximum Gasteiger partial charge on any atom is 0.220 e. The Hall–Kier alpha value is -2.22. The van der Waals surface area contributed by atoms with E-state index in [1.807, 2.05) is 41.0 Å². The summed E-state index contributed by atoms with van der Waals surface area (Å²) in [5.41, 5.74) is 2.92. The van der Waals surface area contributed by atoms with Gasteiger partial charge >= 0.3 is 0 Å². The number of hydrogen-bond donors (Lipinski definition) is 1. The molecule has 1 N–H and O–H groups in total. The van der Waals surface area contributed by atoms with E-state index < -0.39 is 0 Å². The lowest BCUT2D eigenvalue weighted by Gasteiger charge is -2.11. The molecule has 0 unspecified atom stereocenters. The van der Waals surface area contributed by atoms with Gasteiger partial charge in [-0.25, -0.2) is 0 Å². The van der Waals surface area contributed by atoms with Crippen LogP contribution in [0.25, 0.3) is 5.69 Å². The minimum atomic E-state index is 0.00130. The molecule has 0 saturated heterocycles. The molecule has 192 valence electrons. The Bertz CT molecular complexity index is 1360. The number of amides is 1. The van der Waals surface area contributed by atoms with Crippen molar-refractivity contribution < 1.29 is 4.79 Å². The van der Waals surface area contributed by atoms with Gasteiger partial charge in [-0.2, -0.15) is 0 Å². The summed E-state index contributed by atoms with van der Waals surface area (Å²) in [6.07, 6.45) is 2.38. The molecular weight excluding hydrogens is 570 g/mol. The molecule has 4 rings (SSSR count). The first-order valence-corrected chi connectivity index (χ1v) is 14.2. The molecule has 0 aliphatic rings. The smallest absolute Gasteiger partial charge is 0.220 e. The van der Waals surface area contributed by atoms with Crippen molar-refractivity contribution in [3.05, 3.63) is 104 Å². The van der Waals surface area contributed by atoms with Crippen LogP contribution < -0.4 is 5.32 Å². The van der Waals surface area contributed by atoms with Gasteiger partial charge in [0.1, 0.15) is 5.82 Å². The standard InChI is InChI=1S/C27H24Cl4N4OS/c28-20-9-8-19(23(30)16-20)12-13-32-26(36)7-4-14-37-27-34-33-25(15-18-5-2-1-3-6-18)35(27)21-10-11-22(29)24(31)17-21/h1-3,5-6,8-11,16-17H,4,7,12-15H2,(H,32,36). The average Bonchev–Trinajstić information content (AvgIpc) is 3.27. The van der Waals surface area contributed by atoms with Crippen LogP contribution in [0.3, 0.4) is 0 Å². The summed E-state index contributed by atoms with van der Waals surface area (Å²) in [7, 11) is 0. The molecule has 0 radical (unpaired) electrons. The second-order valence-electron chi connectivity index (χ2n) is 8.28. The zero-order valence-electron chi connectivity index (χ0n) is 19.8. The van der Waals surface area contributed by atoms with Crippen LogP contribution in [-0.4, -0.2) is 33.0 Å². The highest BCUT2D eigenvalue weighted by atomic mass is 35.5. The molecule has 0 aliphatic heterocycles.